The van der Waals surface area contributed by atoms with Gasteiger partial charge in [-0.15, -0.1) is 0 Å². The molecule has 1 aromatic rings. The Morgan fingerprint density at radius 2 is 2.06 bits per heavy atom. The van der Waals surface area contributed by atoms with Crippen LogP contribution in [0.1, 0.15) is 12.5 Å². The monoisotopic (exact) mass is 289 g/mol. The van der Waals surface area contributed by atoms with Gasteiger partial charge in [-0.25, -0.2) is 4.98 Å². The molecule has 0 saturated carbocycles. The van der Waals surface area contributed by atoms with Crippen molar-refractivity contribution in [1.29, 1.82) is 0 Å². The Kier molecular flexibility index (Phi) is 5.85. The minimum atomic E-state index is 0.0647. The maximum atomic E-state index is 11.7. The molecular weight excluding hydrogens is 273 g/mol. The van der Waals surface area contributed by atoms with Crippen LogP contribution in [0.5, 0.6) is 0 Å². The summed E-state index contributed by atoms with van der Waals surface area (Å²) in [7, 11) is 3.49. The molecule has 0 fully saturated rings. The smallest absolute Gasteiger partial charge is 0.236 e. The van der Waals surface area contributed by atoms with E-state index in [0.717, 1.165) is 12.1 Å². The molecule has 0 bridgehead atoms. The van der Waals surface area contributed by atoms with Crippen molar-refractivity contribution < 1.29 is 4.79 Å². The number of halogens is 2. The third kappa shape index (κ3) is 4.44. The van der Waals surface area contributed by atoms with Crippen molar-refractivity contribution in [3.05, 3.63) is 28.0 Å². The standard InChI is InChI=1S/C12H17Cl2N3O/c1-4-17(8-12(18)16(2)3)7-9-6-15-11(14)5-10(9)13/h5-6H,4,7-8H2,1-3H3. The van der Waals surface area contributed by atoms with Gasteiger partial charge in [0, 0.05) is 37.4 Å². The number of pyridine rings is 1. The molecule has 18 heavy (non-hydrogen) atoms. The number of amides is 1. The van der Waals surface area contributed by atoms with Gasteiger partial charge < -0.3 is 4.90 Å². The van der Waals surface area contributed by atoms with Gasteiger partial charge in [-0.1, -0.05) is 30.1 Å². The van der Waals surface area contributed by atoms with E-state index in [2.05, 4.69) is 4.98 Å². The molecule has 0 atom stereocenters. The summed E-state index contributed by atoms with van der Waals surface area (Å²) in [6.07, 6.45) is 1.65. The molecule has 0 spiro atoms. The number of aromatic nitrogens is 1. The molecule has 0 unspecified atom stereocenters. The van der Waals surface area contributed by atoms with E-state index in [1.807, 2.05) is 11.8 Å². The predicted molar refractivity (Wildman–Crippen MR) is 73.9 cm³/mol. The van der Waals surface area contributed by atoms with Crippen molar-refractivity contribution in [2.24, 2.45) is 0 Å². The quantitative estimate of drug-likeness (QED) is 0.781. The van der Waals surface area contributed by atoms with E-state index in [1.165, 1.54) is 0 Å². The summed E-state index contributed by atoms with van der Waals surface area (Å²) < 4.78 is 0. The largest absolute Gasteiger partial charge is 0.348 e. The Balaban J connectivity index is 2.71. The van der Waals surface area contributed by atoms with Crippen molar-refractivity contribution in [2.75, 3.05) is 27.2 Å². The minimum Gasteiger partial charge on any atom is -0.348 e. The summed E-state index contributed by atoms with van der Waals surface area (Å²) in [6, 6.07) is 1.61. The highest BCUT2D eigenvalue weighted by Gasteiger charge is 2.13. The molecule has 0 aromatic carbocycles. The molecule has 1 amide bonds. The van der Waals surface area contributed by atoms with Crippen molar-refractivity contribution >= 4 is 29.1 Å². The second kappa shape index (κ2) is 6.92. The molecule has 0 N–H and O–H groups in total. The molecule has 1 aromatic heterocycles. The van der Waals surface area contributed by atoms with Gasteiger partial charge in [-0.05, 0) is 12.6 Å². The number of nitrogens with zero attached hydrogens (tertiary/aromatic N) is 3. The van der Waals surface area contributed by atoms with Crippen molar-refractivity contribution in [3.63, 3.8) is 0 Å². The highest BCUT2D eigenvalue weighted by atomic mass is 35.5. The SMILES string of the molecule is CCN(CC(=O)N(C)C)Cc1cnc(Cl)cc1Cl. The Morgan fingerprint density at radius 1 is 1.39 bits per heavy atom. The predicted octanol–water partition coefficient (Wildman–Crippen LogP) is 2.30. The number of hydrogen-bond donors (Lipinski definition) is 0. The minimum absolute atomic E-state index is 0.0647. The molecule has 0 aliphatic rings. The van der Waals surface area contributed by atoms with Crippen LogP contribution < -0.4 is 0 Å². The van der Waals surface area contributed by atoms with E-state index in [9.17, 15) is 4.79 Å². The second-order valence-corrected chi connectivity index (χ2v) is 4.98. The lowest BCUT2D eigenvalue weighted by atomic mass is 10.2. The maximum absolute atomic E-state index is 11.7. The molecule has 100 valence electrons. The lowest BCUT2D eigenvalue weighted by Crippen LogP contribution is -2.36. The highest BCUT2D eigenvalue weighted by Crippen LogP contribution is 2.20. The Bertz CT molecular complexity index is 424. The zero-order valence-electron chi connectivity index (χ0n) is 10.8. The summed E-state index contributed by atoms with van der Waals surface area (Å²) in [5.41, 5.74) is 0.870. The first-order valence-corrected chi connectivity index (χ1v) is 6.42. The fourth-order valence-electron chi connectivity index (χ4n) is 1.41. The zero-order valence-corrected chi connectivity index (χ0v) is 12.3. The van der Waals surface area contributed by atoms with Crippen LogP contribution >= 0.6 is 23.2 Å². The van der Waals surface area contributed by atoms with E-state index in [0.29, 0.717) is 23.3 Å². The first-order valence-electron chi connectivity index (χ1n) is 5.66. The average Bonchev–Trinajstić information content (AvgIpc) is 2.31. The van der Waals surface area contributed by atoms with Crippen LogP contribution in [0.4, 0.5) is 0 Å². The fraction of sp³-hybridized carbons (Fsp3) is 0.500. The first kappa shape index (κ1) is 15.2. The van der Waals surface area contributed by atoms with Gasteiger partial charge in [0.05, 0.1) is 6.54 Å². The van der Waals surface area contributed by atoms with Gasteiger partial charge in [0.15, 0.2) is 0 Å². The van der Waals surface area contributed by atoms with Crippen molar-refractivity contribution in [2.45, 2.75) is 13.5 Å². The van der Waals surface area contributed by atoms with E-state index in [-0.39, 0.29) is 5.91 Å². The van der Waals surface area contributed by atoms with Gasteiger partial charge in [0.1, 0.15) is 5.15 Å². The topological polar surface area (TPSA) is 36.4 Å². The van der Waals surface area contributed by atoms with Gasteiger partial charge in [-0.2, -0.15) is 0 Å². The normalized spacial score (nSPS) is 10.8. The van der Waals surface area contributed by atoms with Crippen LogP contribution in [0, 0.1) is 0 Å². The number of likely N-dealkylation sites (N-methyl/N-ethyl adjacent to an activating group) is 2. The number of carbonyl (C=O) groups excluding carboxylic acids is 1. The lowest BCUT2D eigenvalue weighted by Gasteiger charge is -2.22. The highest BCUT2D eigenvalue weighted by molar-refractivity contribution is 6.34. The summed E-state index contributed by atoms with van der Waals surface area (Å²) in [5.74, 6) is 0.0647. The van der Waals surface area contributed by atoms with Crippen LogP contribution in [0.15, 0.2) is 12.3 Å². The summed E-state index contributed by atoms with van der Waals surface area (Å²) in [5, 5.41) is 0.946. The van der Waals surface area contributed by atoms with Crippen LogP contribution in [0.3, 0.4) is 0 Å². The summed E-state index contributed by atoms with van der Waals surface area (Å²) in [6.45, 7) is 3.71. The molecular formula is C12H17Cl2N3O. The van der Waals surface area contributed by atoms with Crippen molar-refractivity contribution in [3.8, 4) is 0 Å². The third-order valence-corrected chi connectivity index (χ3v) is 3.15. The molecule has 1 heterocycles. The molecule has 4 nitrogen and oxygen atoms in total. The van der Waals surface area contributed by atoms with Crippen LogP contribution in [-0.2, 0) is 11.3 Å². The molecule has 1 rings (SSSR count). The molecule has 0 aliphatic heterocycles. The first-order chi connectivity index (χ1) is 8.43. The molecule has 0 aliphatic carbocycles. The molecule has 0 radical (unpaired) electrons. The van der Waals surface area contributed by atoms with Gasteiger partial charge in [-0.3, -0.25) is 9.69 Å². The zero-order chi connectivity index (χ0) is 13.7. The second-order valence-electron chi connectivity index (χ2n) is 4.19. The lowest BCUT2D eigenvalue weighted by molar-refractivity contribution is -0.130. The summed E-state index contributed by atoms with van der Waals surface area (Å²) >= 11 is 11.8. The van der Waals surface area contributed by atoms with Gasteiger partial charge in [0.2, 0.25) is 5.91 Å². The molecule has 6 heteroatoms. The Labute approximate surface area is 117 Å². The van der Waals surface area contributed by atoms with Crippen LogP contribution in [-0.4, -0.2) is 47.9 Å². The maximum Gasteiger partial charge on any atom is 0.236 e. The van der Waals surface area contributed by atoms with Gasteiger partial charge in [0.25, 0.3) is 0 Å². The molecule has 0 saturated heterocycles. The van der Waals surface area contributed by atoms with E-state index in [1.54, 1.807) is 31.3 Å². The fourth-order valence-corrected chi connectivity index (χ4v) is 1.83. The van der Waals surface area contributed by atoms with E-state index < -0.39 is 0 Å². The number of carbonyl (C=O) groups is 1. The average molecular weight is 290 g/mol. The number of rotatable bonds is 5. The van der Waals surface area contributed by atoms with Gasteiger partial charge >= 0.3 is 0 Å². The van der Waals surface area contributed by atoms with E-state index in [4.69, 9.17) is 23.2 Å². The number of hydrogen-bond acceptors (Lipinski definition) is 3. The van der Waals surface area contributed by atoms with Crippen LogP contribution in [0.25, 0.3) is 0 Å². The third-order valence-electron chi connectivity index (χ3n) is 2.60. The van der Waals surface area contributed by atoms with Crippen molar-refractivity contribution in [1.82, 2.24) is 14.8 Å². The Morgan fingerprint density at radius 3 is 2.56 bits per heavy atom. The Hall–Kier alpha value is -0.840. The van der Waals surface area contributed by atoms with E-state index >= 15 is 0 Å². The summed E-state index contributed by atoms with van der Waals surface area (Å²) in [4.78, 5) is 19.2. The van der Waals surface area contributed by atoms with Crippen LogP contribution in [0.2, 0.25) is 10.2 Å².